The summed E-state index contributed by atoms with van der Waals surface area (Å²) < 4.78 is 16.9. The highest BCUT2D eigenvalue weighted by atomic mass is 19.1. The maximum atomic E-state index is 13.5. The molecule has 204 valence electrons. The third kappa shape index (κ3) is 5.23. The van der Waals surface area contributed by atoms with Crippen LogP contribution < -0.4 is 15.4 Å². The number of hydrogen-bond donors (Lipinski definition) is 0. The van der Waals surface area contributed by atoms with Crippen LogP contribution in [0.4, 0.5) is 21.1 Å². The summed E-state index contributed by atoms with van der Waals surface area (Å²) in [5.41, 5.74) is 2.57. The van der Waals surface area contributed by atoms with E-state index in [1.54, 1.807) is 17.0 Å². The zero-order valence-electron chi connectivity index (χ0n) is 22.6. The van der Waals surface area contributed by atoms with Crippen LogP contribution >= 0.6 is 0 Å². The molecule has 2 aromatic carbocycles. The molecular formula is C29H34FN7O2. The van der Waals surface area contributed by atoms with Gasteiger partial charge in [0.25, 0.3) is 5.56 Å². The van der Waals surface area contributed by atoms with E-state index in [1.807, 2.05) is 44.0 Å². The average molecular weight is 532 g/mol. The predicted octanol–water partition coefficient (Wildman–Crippen LogP) is 4.20. The van der Waals surface area contributed by atoms with E-state index in [-0.39, 0.29) is 23.4 Å². The Morgan fingerprint density at radius 2 is 1.72 bits per heavy atom. The van der Waals surface area contributed by atoms with Gasteiger partial charge in [0, 0.05) is 51.5 Å². The standard InChI is InChI=1S/C29H34FN7O2/c1-4-34(5-2)29(39)37-26(38)14-17-31-27(37)33(3)23-15-18-35(19-16-23)28-32-24-8-6-7-9-25(24)36(28)20-21-10-12-22(30)13-11-21/h6-14,17,23H,4-5,15-16,18-20H2,1-3H3. The van der Waals surface area contributed by atoms with Crippen molar-refractivity contribution in [1.29, 1.82) is 0 Å². The van der Waals surface area contributed by atoms with Crippen LogP contribution in [0.25, 0.3) is 11.0 Å². The minimum Gasteiger partial charge on any atom is -0.342 e. The van der Waals surface area contributed by atoms with E-state index < -0.39 is 0 Å². The number of anilines is 2. The highest BCUT2D eigenvalue weighted by Crippen LogP contribution is 2.28. The van der Waals surface area contributed by atoms with Gasteiger partial charge in [0.2, 0.25) is 11.9 Å². The zero-order valence-corrected chi connectivity index (χ0v) is 22.6. The molecule has 1 aliphatic heterocycles. The first-order valence-electron chi connectivity index (χ1n) is 13.5. The Labute approximate surface area is 227 Å². The lowest BCUT2D eigenvalue weighted by atomic mass is 10.0. The van der Waals surface area contributed by atoms with Gasteiger partial charge in [-0.25, -0.2) is 19.2 Å². The minimum atomic E-state index is -0.379. The predicted molar refractivity (Wildman–Crippen MR) is 151 cm³/mol. The molecule has 0 radical (unpaired) electrons. The van der Waals surface area contributed by atoms with E-state index in [0.717, 1.165) is 48.5 Å². The van der Waals surface area contributed by atoms with Crippen LogP contribution in [-0.2, 0) is 6.54 Å². The van der Waals surface area contributed by atoms with Crippen molar-refractivity contribution in [3.63, 3.8) is 0 Å². The number of amides is 1. The van der Waals surface area contributed by atoms with Crippen molar-refractivity contribution in [3.8, 4) is 0 Å². The second-order valence-corrected chi connectivity index (χ2v) is 9.82. The summed E-state index contributed by atoms with van der Waals surface area (Å²) in [6.45, 7) is 6.90. The van der Waals surface area contributed by atoms with Gasteiger partial charge in [-0.15, -0.1) is 0 Å². The second kappa shape index (κ2) is 11.3. The number of para-hydroxylation sites is 2. The van der Waals surface area contributed by atoms with Crippen molar-refractivity contribution in [3.05, 3.63) is 82.5 Å². The molecule has 5 rings (SSSR count). The van der Waals surface area contributed by atoms with Gasteiger partial charge in [-0.2, -0.15) is 4.57 Å². The van der Waals surface area contributed by atoms with Crippen molar-refractivity contribution in [2.24, 2.45) is 0 Å². The maximum absolute atomic E-state index is 13.5. The largest absolute Gasteiger partial charge is 0.342 e. The highest BCUT2D eigenvalue weighted by Gasteiger charge is 2.29. The number of fused-ring (bicyclic) bond motifs is 1. The lowest BCUT2D eigenvalue weighted by Gasteiger charge is -2.38. The molecule has 1 amide bonds. The van der Waals surface area contributed by atoms with Crippen molar-refractivity contribution in [1.82, 2.24) is 24.0 Å². The van der Waals surface area contributed by atoms with Gasteiger partial charge in [0.05, 0.1) is 17.6 Å². The van der Waals surface area contributed by atoms with Gasteiger partial charge in [-0.1, -0.05) is 24.3 Å². The van der Waals surface area contributed by atoms with Crippen LogP contribution in [0.1, 0.15) is 32.3 Å². The van der Waals surface area contributed by atoms with Gasteiger partial charge < -0.3 is 19.3 Å². The third-order valence-electron chi connectivity index (χ3n) is 7.55. The van der Waals surface area contributed by atoms with Gasteiger partial charge in [0.1, 0.15) is 5.82 Å². The third-order valence-corrected chi connectivity index (χ3v) is 7.55. The number of hydrogen-bond acceptors (Lipinski definition) is 6. The smallest absolute Gasteiger partial charge is 0.334 e. The zero-order chi connectivity index (χ0) is 27.5. The first-order valence-corrected chi connectivity index (χ1v) is 13.5. The van der Waals surface area contributed by atoms with E-state index in [2.05, 4.69) is 20.5 Å². The van der Waals surface area contributed by atoms with Crippen LogP contribution in [0.2, 0.25) is 0 Å². The fourth-order valence-corrected chi connectivity index (χ4v) is 5.31. The summed E-state index contributed by atoms with van der Waals surface area (Å²) in [5, 5.41) is 0. The topological polar surface area (TPSA) is 79.5 Å². The van der Waals surface area contributed by atoms with Crippen molar-refractivity contribution >= 4 is 29.0 Å². The van der Waals surface area contributed by atoms with Crippen LogP contribution in [0.3, 0.4) is 0 Å². The second-order valence-electron chi connectivity index (χ2n) is 9.82. The van der Waals surface area contributed by atoms with Gasteiger partial charge >= 0.3 is 6.03 Å². The van der Waals surface area contributed by atoms with Crippen LogP contribution in [0.5, 0.6) is 0 Å². The Balaban J connectivity index is 1.37. The molecule has 0 saturated carbocycles. The van der Waals surface area contributed by atoms with E-state index in [1.165, 1.54) is 29.0 Å². The Hall–Kier alpha value is -4.21. The number of carbonyl (C=O) groups is 1. The van der Waals surface area contributed by atoms with E-state index >= 15 is 0 Å². The molecule has 1 fully saturated rings. The van der Waals surface area contributed by atoms with Crippen molar-refractivity contribution < 1.29 is 9.18 Å². The fourth-order valence-electron chi connectivity index (χ4n) is 5.31. The first kappa shape index (κ1) is 26.4. The number of imidazole rings is 1. The number of benzene rings is 2. The van der Waals surface area contributed by atoms with Crippen LogP contribution in [0.15, 0.2) is 65.6 Å². The summed E-state index contributed by atoms with van der Waals surface area (Å²) in [7, 11) is 1.90. The number of carbonyl (C=O) groups excluding carboxylic acids is 1. The van der Waals surface area contributed by atoms with Crippen molar-refractivity contribution in [2.45, 2.75) is 39.3 Å². The number of halogens is 1. The Morgan fingerprint density at radius 1 is 1.03 bits per heavy atom. The quantitative estimate of drug-likeness (QED) is 0.356. The van der Waals surface area contributed by atoms with Gasteiger partial charge in [-0.05, 0) is 56.5 Å². The summed E-state index contributed by atoms with van der Waals surface area (Å²) in [5.74, 6) is 0.993. The molecule has 4 aromatic rings. The lowest BCUT2D eigenvalue weighted by Crippen LogP contribution is -2.48. The van der Waals surface area contributed by atoms with Gasteiger partial charge in [0.15, 0.2) is 0 Å². The number of piperidine rings is 1. The molecule has 10 heteroatoms. The van der Waals surface area contributed by atoms with Gasteiger partial charge in [-0.3, -0.25) is 4.79 Å². The molecule has 0 spiro atoms. The highest BCUT2D eigenvalue weighted by molar-refractivity contribution is 5.80. The Morgan fingerprint density at radius 3 is 2.41 bits per heavy atom. The summed E-state index contributed by atoms with van der Waals surface area (Å²) in [6, 6.07) is 15.7. The first-order chi connectivity index (χ1) is 18.9. The molecule has 1 saturated heterocycles. The van der Waals surface area contributed by atoms with Crippen LogP contribution in [-0.4, -0.2) is 69.3 Å². The normalized spacial score (nSPS) is 14.1. The molecule has 1 aliphatic rings. The molecule has 3 heterocycles. The maximum Gasteiger partial charge on any atom is 0.334 e. The Bertz CT molecular complexity index is 1500. The molecule has 0 atom stereocenters. The van der Waals surface area contributed by atoms with Crippen molar-refractivity contribution in [2.75, 3.05) is 43.0 Å². The molecule has 9 nitrogen and oxygen atoms in total. The minimum absolute atomic E-state index is 0.0984. The number of nitrogens with zero attached hydrogens (tertiary/aromatic N) is 7. The SMILES string of the molecule is CCN(CC)C(=O)n1c(N(C)C2CCN(c3nc4ccccc4n3Cc3ccc(F)cc3)CC2)nccc1=O. The number of aromatic nitrogens is 4. The molecule has 0 N–H and O–H groups in total. The fraction of sp³-hybridized carbons (Fsp3) is 0.379. The monoisotopic (exact) mass is 531 g/mol. The molecule has 0 bridgehead atoms. The molecule has 39 heavy (non-hydrogen) atoms. The summed E-state index contributed by atoms with van der Waals surface area (Å²) in [6.07, 6.45) is 3.08. The van der Waals surface area contributed by atoms with E-state index in [0.29, 0.717) is 25.6 Å². The molecular weight excluding hydrogens is 497 g/mol. The summed E-state index contributed by atoms with van der Waals surface area (Å²) >= 11 is 0. The van der Waals surface area contributed by atoms with E-state index in [9.17, 15) is 14.0 Å². The molecule has 2 aromatic heterocycles. The average Bonchev–Trinajstić information content (AvgIpc) is 3.32. The van der Waals surface area contributed by atoms with Crippen LogP contribution in [0, 0.1) is 5.82 Å². The number of rotatable bonds is 7. The lowest BCUT2D eigenvalue weighted by molar-refractivity contribution is 0.204. The molecule has 0 unspecified atom stereocenters. The Kier molecular flexibility index (Phi) is 7.63. The summed E-state index contributed by atoms with van der Waals surface area (Å²) in [4.78, 5) is 41.1. The molecule has 0 aliphatic carbocycles. The van der Waals surface area contributed by atoms with E-state index in [4.69, 9.17) is 4.98 Å².